The van der Waals surface area contributed by atoms with Crippen LogP contribution in [-0.4, -0.2) is 24.6 Å². The van der Waals surface area contributed by atoms with E-state index in [1.807, 2.05) is 12.1 Å². The zero-order valence-electron chi connectivity index (χ0n) is 27.4. The first-order chi connectivity index (χ1) is 20.4. The molecule has 1 heterocycles. The summed E-state index contributed by atoms with van der Waals surface area (Å²) in [6, 6.07) is 5.40. The van der Waals surface area contributed by atoms with Gasteiger partial charge in [0, 0.05) is 49.2 Å². The number of unbranched alkanes of at least 4 members (excludes halogenated alkanes) is 9. The minimum Gasteiger partial charge on any atom is -0.493 e. The Morgan fingerprint density at radius 1 is 0.767 bits per heavy atom. The highest BCUT2D eigenvalue weighted by Crippen LogP contribution is 2.53. The molecule has 0 bridgehead atoms. The van der Waals surface area contributed by atoms with Crippen LogP contribution in [0.15, 0.2) is 40.9 Å². The monoisotopic (exact) mass is 592 g/mol. The first-order valence-electron chi connectivity index (χ1n) is 16.5. The van der Waals surface area contributed by atoms with Gasteiger partial charge in [-0.2, -0.15) is 0 Å². The third-order valence-electron chi connectivity index (χ3n) is 9.06. The largest absolute Gasteiger partial charge is 0.493 e. The van der Waals surface area contributed by atoms with Gasteiger partial charge in [0.2, 0.25) is 0 Å². The van der Waals surface area contributed by atoms with E-state index in [-0.39, 0.29) is 28.4 Å². The maximum absolute atomic E-state index is 13.6. The summed E-state index contributed by atoms with van der Waals surface area (Å²) in [6.45, 7) is 10.6. The molecule has 1 aromatic rings. The molecule has 43 heavy (non-hydrogen) atoms. The number of carbonyl (C=O) groups is 3. The van der Waals surface area contributed by atoms with Crippen LogP contribution in [0.5, 0.6) is 11.5 Å². The van der Waals surface area contributed by atoms with Gasteiger partial charge in [0.1, 0.15) is 11.5 Å². The van der Waals surface area contributed by atoms with Crippen molar-refractivity contribution < 1.29 is 28.6 Å². The van der Waals surface area contributed by atoms with Crippen molar-refractivity contribution in [1.82, 2.24) is 0 Å². The van der Waals surface area contributed by atoms with Crippen molar-refractivity contribution in [3.8, 4) is 11.5 Å². The molecule has 0 fully saturated rings. The van der Waals surface area contributed by atoms with Crippen LogP contribution in [0.4, 0.5) is 0 Å². The summed E-state index contributed by atoms with van der Waals surface area (Å²) in [7, 11) is 1.54. The minimum atomic E-state index is -0.517. The standard InChI is InChI=1S/C37H52O6/c1-7-8-9-10-11-12-13-14-15-16-17-32(40)43-28-19-18-25(20-29(28)41-6)33-34-26(38)21-36(2,3)23-30(34)42-31-24-37(4,5)22-27(39)35(31)33/h18-20,33H,7-17,21-24H2,1-6H3. The Hall–Kier alpha value is -2.89. The summed E-state index contributed by atoms with van der Waals surface area (Å²) in [5.74, 6) is 1.38. The van der Waals surface area contributed by atoms with Crippen LogP contribution in [0.2, 0.25) is 0 Å². The lowest BCUT2D eigenvalue weighted by Crippen LogP contribution is -2.37. The van der Waals surface area contributed by atoms with Gasteiger partial charge >= 0.3 is 5.97 Å². The van der Waals surface area contributed by atoms with Crippen molar-refractivity contribution in [3.05, 3.63) is 46.4 Å². The fraction of sp³-hybridized carbons (Fsp3) is 0.649. The predicted molar refractivity (Wildman–Crippen MR) is 169 cm³/mol. The summed E-state index contributed by atoms with van der Waals surface area (Å²) >= 11 is 0. The zero-order chi connectivity index (χ0) is 31.2. The first-order valence-corrected chi connectivity index (χ1v) is 16.5. The Labute approximate surface area is 258 Å². The molecule has 6 heteroatoms. The van der Waals surface area contributed by atoms with Crippen LogP contribution in [-0.2, 0) is 19.1 Å². The van der Waals surface area contributed by atoms with Crippen LogP contribution in [0, 0.1) is 10.8 Å². The topological polar surface area (TPSA) is 78.9 Å². The smallest absolute Gasteiger partial charge is 0.311 e. The van der Waals surface area contributed by atoms with Crippen molar-refractivity contribution in [2.45, 2.75) is 137 Å². The number of ketones is 2. The van der Waals surface area contributed by atoms with Gasteiger partial charge in [-0.25, -0.2) is 0 Å². The van der Waals surface area contributed by atoms with E-state index in [0.29, 0.717) is 66.3 Å². The Morgan fingerprint density at radius 3 is 1.79 bits per heavy atom. The zero-order valence-corrected chi connectivity index (χ0v) is 27.4. The highest BCUT2D eigenvalue weighted by molar-refractivity contribution is 6.06. The van der Waals surface area contributed by atoms with E-state index in [4.69, 9.17) is 14.2 Å². The molecule has 0 N–H and O–H groups in total. The Kier molecular flexibility index (Phi) is 10.9. The van der Waals surface area contributed by atoms with Crippen molar-refractivity contribution in [2.75, 3.05) is 7.11 Å². The van der Waals surface area contributed by atoms with Crippen molar-refractivity contribution in [3.63, 3.8) is 0 Å². The number of benzene rings is 1. The second-order valence-electron chi connectivity index (χ2n) is 14.4. The van der Waals surface area contributed by atoms with Gasteiger partial charge in [-0.05, 0) is 34.9 Å². The van der Waals surface area contributed by atoms with Crippen LogP contribution in [0.1, 0.15) is 142 Å². The second-order valence-corrected chi connectivity index (χ2v) is 14.4. The lowest BCUT2D eigenvalue weighted by atomic mass is 9.65. The van der Waals surface area contributed by atoms with Gasteiger partial charge in [-0.15, -0.1) is 0 Å². The van der Waals surface area contributed by atoms with Crippen LogP contribution < -0.4 is 9.47 Å². The Bertz CT molecular complexity index is 1210. The molecule has 6 nitrogen and oxygen atoms in total. The number of hydrogen-bond donors (Lipinski definition) is 0. The minimum absolute atomic E-state index is 0.0198. The summed E-state index contributed by atoms with van der Waals surface area (Å²) in [6.07, 6.45) is 14.5. The number of carbonyl (C=O) groups excluding carboxylic acids is 3. The van der Waals surface area contributed by atoms with Gasteiger partial charge in [0.15, 0.2) is 23.1 Å². The molecule has 4 rings (SSSR count). The number of hydrogen-bond acceptors (Lipinski definition) is 6. The highest BCUT2D eigenvalue weighted by Gasteiger charge is 2.48. The molecule has 1 aromatic carbocycles. The molecule has 0 radical (unpaired) electrons. The first kappa shape index (κ1) is 33.0. The number of rotatable bonds is 14. The van der Waals surface area contributed by atoms with E-state index in [2.05, 4.69) is 34.6 Å². The number of methoxy groups -OCH3 is 1. The van der Waals surface area contributed by atoms with E-state index in [9.17, 15) is 14.4 Å². The molecule has 1 aliphatic heterocycles. The van der Waals surface area contributed by atoms with Gasteiger partial charge < -0.3 is 14.2 Å². The highest BCUT2D eigenvalue weighted by atomic mass is 16.6. The van der Waals surface area contributed by atoms with Crippen molar-refractivity contribution in [2.24, 2.45) is 10.8 Å². The fourth-order valence-electron chi connectivity index (χ4n) is 6.89. The summed E-state index contributed by atoms with van der Waals surface area (Å²) in [4.78, 5) is 39.8. The van der Waals surface area contributed by atoms with E-state index in [0.717, 1.165) is 24.8 Å². The van der Waals surface area contributed by atoms with Gasteiger partial charge in [-0.1, -0.05) is 98.5 Å². The maximum atomic E-state index is 13.6. The summed E-state index contributed by atoms with van der Waals surface area (Å²) in [5, 5.41) is 0. The van der Waals surface area contributed by atoms with E-state index < -0.39 is 5.92 Å². The SMILES string of the molecule is CCCCCCCCCCCCC(=O)Oc1ccc(C2C3=C(CC(C)(C)CC3=O)OC3=C2C(=O)CC(C)(C)C3)cc1OC. The quantitative estimate of drug-likeness (QED) is 0.122. The molecule has 0 aromatic heterocycles. The number of esters is 1. The molecule has 0 saturated heterocycles. The van der Waals surface area contributed by atoms with Gasteiger partial charge in [0.25, 0.3) is 0 Å². The van der Waals surface area contributed by atoms with Gasteiger partial charge in [0.05, 0.1) is 7.11 Å². The number of ether oxygens (including phenoxy) is 3. The average Bonchev–Trinajstić information content (AvgIpc) is 2.91. The van der Waals surface area contributed by atoms with E-state index in [1.165, 1.54) is 44.9 Å². The lowest BCUT2D eigenvalue weighted by Gasteiger charge is -2.42. The molecule has 0 atom stereocenters. The predicted octanol–water partition coefficient (Wildman–Crippen LogP) is 9.31. The third-order valence-corrected chi connectivity index (χ3v) is 9.06. The van der Waals surface area contributed by atoms with Crippen molar-refractivity contribution in [1.29, 1.82) is 0 Å². The average molecular weight is 593 g/mol. The molecule has 2 aliphatic carbocycles. The van der Waals surface area contributed by atoms with Crippen LogP contribution in [0.25, 0.3) is 0 Å². The summed E-state index contributed by atoms with van der Waals surface area (Å²) < 4.78 is 17.8. The molecule has 0 amide bonds. The van der Waals surface area contributed by atoms with Gasteiger partial charge in [-0.3, -0.25) is 14.4 Å². The Morgan fingerprint density at radius 2 is 1.28 bits per heavy atom. The molecular formula is C37H52O6. The molecule has 0 unspecified atom stereocenters. The fourth-order valence-corrected chi connectivity index (χ4v) is 6.89. The molecular weight excluding hydrogens is 540 g/mol. The van der Waals surface area contributed by atoms with Crippen LogP contribution >= 0.6 is 0 Å². The maximum Gasteiger partial charge on any atom is 0.311 e. The number of allylic oxidation sites excluding steroid dienone is 4. The molecule has 0 spiro atoms. The Balaban J connectivity index is 1.46. The van der Waals surface area contributed by atoms with Crippen LogP contribution in [0.3, 0.4) is 0 Å². The molecule has 236 valence electrons. The normalized spacial score (nSPS) is 19.6. The number of Topliss-reactive ketones (excluding diaryl/α,β-unsaturated/α-hetero) is 2. The van der Waals surface area contributed by atoms with E-state index >= 15 is 0 Å². The lowest BCUT2D eigenvalue weighted by molar-refractivity contribution is -0.134. The summed E-state index contributed by atoms with van der Waals surface area (Å²) in [5.41, 5.74) is 1.52. The van der Waals surface area contributed by atoms with Crippen molar-refractivity contribution >= 4 is 17.5 Å². The molecule has 0 saturated carbocycles. The van der Waals surface area contributed by atoms with E-state index in [1.54, 1.807) is 13.2 Å². The third kappa shape index (κ3) is 8.39. The second kappa shape index (κ2) is 14.3. The molecule has 3 aliphatic rings.